The van der Waals surface area contributed by atoms with Crippen LogP contribution in [0.25, 0.3) is 0 Å². The molecule has 0 aromatic heterocycles. The first-order chi connectivity index (χ1) is 14.2. The van der Waals surface area contributed by atoms with Gasteiger partial charge in [-0.2, -0.15) is 0 Å². The molecule has 9 heteroatoms. The quantitative estimate of drug-likeness (QED) is 0.494. The molecule has 0 saturated heterocycles. The summed E-state index contributed by atoms with van der Waals surface area (Å²) in [6.07, 6.45) is 3.37. The lowest BCUT2D eigenvalue weighted by molar-refractivity contribution is -0.119. The molecule has 0 radical (unpaired) electrons. The first-order valence-corrected chi connectivity index (χ1v) is 12.2. The Hall–Kier alpha value is -1.96. The Labute approximate surface area is 188 Å². The Balaban J connectivity index is 1.94. The number of rotatable bonds is 11. The van der Waals surface area contributed by atoms with Crippen LogP contribution in [-0.4, -0.2) is 40.3 Å². The van der Waals surface area contributed by atoms with Gasteiger partial charge in [0.1, 0.15) is 12.3 Å². The summed E-state index contributed by atoms with van der Waals surface area (Å²) in [5.41, 5.74) is 1.24. The molecule has 2 aromatic carbocycles. The van der Waals surface area contributed by atoms with Crippen LogP contribution >= 0.6 is 23.2 Å². The van der Waals surface area contributed by atoms with Gasteiger partial charge in [-0.3, -0.25) is 9.10 Å². The maximum Gasteiger partial charge on any atom is 0.240 e. The lowest BCUT2D eigenvalue weighted by Gasteiger charge is -2.23. The van der Waals surface area contributed by atoms with Gasteiger partial charge < -0.3 is 10.1 Å². The molecule has 0 fully saturated rings. The van der Waals surface area contributed by atoms with E-state index in [0.29, 0.717) is 19.6 Å². The molecule has 6 nitrogen and oxygen atoms in total. The molecule has 0 bridgehead atoms. The fourth-order valence-electron chi connectivity index (χ4n) is 2.82. The Morgan fingerprint density at radius 3 is 2.57 bits per heavy atom. The Morgan fingerprint density at radius 1 is 1.13 bits per heavy atom. The number of amides is 1. The molecule has 0 aliphatic rings. The number of hydrogen-bond donors (Lipinski definition) is 1. The van der Waals surface area contributed by atoms with Crippen LogP contribution < -0.4 is 14.4 Å². The average molecular weight is 473 g/mol. The molecule has 164 valence electrons. The highest BCUT2D eigenvalue weighted by atomic mass is 35.5. The van der Waals surface area contributed by atoms with Gasteiger partial charge in [0.2, 0.25) is 15.9 Å². The van der Waals surface area contributed by atoms with Gasteiger partial charge in [-0.25, -0.2) is 8.42 Å². The number of carbonyl (C=O) groups is 1. The number of aryl methyl sites for hydroxylation is 1. The van der Waals surface area contributed by atoms with Crippen molar-refractivity contribution in [3.05, 3.63) is 58.1 Å². The van der Waals surface area contributed by atoms with Gasteiger partial charge in [-0.1, -0.05) is 54.4 Å². The third kappa shape index (κ3) is 7.07. The molecular formula is C21H26Cl2N2O4S. The SMILES string of the molecule is CCCOc1ccccc1CCCNC(=O)CN(c1cccc(Cl)c1Cl)S(C)(=O)=O. The zero-order valence-corrected chi connectivity index (χ0v) is 19.4. The van der Waals surface area contributed by atoms with E-state index in [9.17, 15) is 13.2 Å². The first-order valence-electron chi connectivity index (χ1n) is 9.63. The highest BCUT2D eigenvalue weighted by molar-refractivity contribution is 7.92. The van der Waals surface area contributed by atoms with E-state index < -0.39 is 15.9 Å². The third-order valence-corrected chi connectivity index (χ3v) is 6.20. The molecule has 2 rings (SSSR count). The van der Waals surface area contributed by atoms with Crippen molar-refractivity contribution in [2.75, 3.05) is 30.3 Å². The largest absolute Gasteiger partial charge is 0.493 e. The van der Waals surface area contributed by atoms with E-state index in [1.165, 1.54) is 6.07 Å². The van der Waals surface area contributed by atoms with Crippen LogP contribution in [0.3, 0.4) is 0 Å². The standard InChI is InChI=1S/C21H26Cl2N2O4S/c1-3-14-29-19-12-5-4-8-16(19)9-7-13-24-20(26)15-25(30(2,27)28)18-11-6-10-17(22)21(18)23/h4-6,8,10-12H,3,7,9,13-15H2,1-2H3,(H,24,26). The number of para-hydroxylation sites is 1. The van der Waals surface area contributed by atoms with Crippen LogP contribution in [0.15, 0.2) is 42.5 Å². The summed E-state index contributed by atoms with van der Waals surface area (Å²) < 4.78 is 31.1. The number of benzene rings is 2. The summed E-state index contributed by atoms with van der Waals surface area (Å²) in [5, 5.41) is 3.06. The van der Waals surface area contributed by atoms with Gasteiger partial charge >= 0.3 is 0 Å². The summed E-state index contributed by atoms with van der Waals surface area (Å²) in [5.74, 6) is 0.427. The van der Waals surface area contributed by atoms with E-state index in [0.717, 1.165) is 34.7 Å². The van der Waals surface area contributed by atoms with Crippen molar-refractivity contribution in [2.24, 2.45) is 0 Å². The van der Waals surface area contributed by atoms with Crippen LogP contribution in [-0.2, 0) is 21.2 Å². The van der Waals surface area contributed by atoms with Gasteiger partial charge in [-0.05, 0) is 43.0 Å². The van der Waals surface area contributed by atoms with Crippen molar-refractivity contribution in [3.63, 3.8) is 0 Å². The minimum atomic E-state index is -3.73. The van der Waals surface area contributed by atoms with E-state index in [1.54, 1.807) is 12.1 Å². The van der Waals surface area contributed by atoms with Gasteiger partial charge in [0.25, 0.3) is 0 Å². The van der Waals surface area contributed by atoms with Gasteiger partial charge in [0, 0.05) is 6.54 Å². The van der Waals surface area contributed by atoms with Gasteiger partial charge in [-0.15, -0.1) is 0 Å². The van der Waals surface area contributed by atoms with Crippen molar-refractivity contribution in [2.45, 2.75) is 26.2 Å². The summed E-state index contributed by atoms with van der Waals surface area (Å²) in [7, 11) is -3.73. The van der Waals surface area contributed by atoms with Crippen LogP contribution in [0.1, 0.15) is 25.3 Å². The summed E-state index contributed by atoms with van der Waals surface area (Å²) >= 11 is 12.1. The number of sulfonamides is 1. The predicted octanol–water partition coefficient (Wildman–Crippen LogP) is 4.30. The number of nitrogens with zero attached hydrogens (tertiary/aromatic N) is 1. The molecule has 2 aromatic rings. The molecule has 30 heavy (non-hydrogen) atoms. The molecule has 0 aliphatic carbocycles. The number of nitrogens with one attached hydrogen (secondary N) is 1. The van der Waals surface area contributed by atoms with Crippen LogP contribution in [0, 0.1) is 0 Å². The highest BCUT2D eigenvalue weighted by Crippen LogP contribution is 2.33. The van der Waals surface area contributed by atoms with E-state index >= 15 is 0 Å². The molecule has 1 N–H and O–H groups in total. The molecule has 0 saturated carbocycles. The number of ether oxygens (including phenoxy) is 1. The number of anilines is 1. The van der Waals surface area contributed by atoms with Crippen molar-refractivity contribution in [1.82, 2.24) is 5.32 Å². The fourth-order valence-corrected chi connectivity index (χ4v) is 4.13. The normalized spacial score (nSPS) is 11.2. The molecule has 1 amide bonds. The second kappa shape index (κ2) is 11.4. The van der Waals surface area contributed by atoms with Crippen molar-refractivity contribution < 1.29 is 17.9 Å². The highest BCUT2D eigenvalue weighted by Gasteiger charge is 2.23. The summed E-state index contributed by atoms with van der Waals surface area (Å²) in [6, 6.07) is 12.5. The van der Waals surface area contributed by atoms with Crippen LogP contribution in [0.2, 0.25) is 10.0 Å². The second-order valence-corrected chi connectivity index (χ2v) is 9.44. The molecular weight excluding hydrogens is 447 g/mol. The minimum Gasteiger partial charge on any atom is -0.493 e. The third-order valence-electron chi connectivity index (χ3n) is 4.27. The zero-order chi connectivity index (χ0) is 22.1. The van der Waals surface area contributed by atoms with Gasteiger partial charge in [0.15, 0.2) is 0 Å². The van der Waals surface area contributed by atoms with E-state index in [-0.39, 0.29) is 22.3 Å². The molecule has 0 heterocycles. The van der Waals surface area contributed by atoms with E-state index in [1.807, 2.05) is 24.3 Å². The molecule has 0 spiro atoms. The topological polar surface area (TPSA) is 75.7 Å². The monoisotopic (exact) mass is 472 g/mol. The smallest absolute Gasteiger partial charge is 0.240 e. The van der Waals surface area contributed by atoms with Crippen molar-refractivity contribution in [3.8, 4) is 5.75 Å². The zero-order valence-electron chi connectivity index (χ0n) is 17.0. The predicted molar refractivity (Wildman–Crippen MR) is 122 cm³/mol. The van der Waals surface area contributed by atoms with Crippen molar-refractivity contribution in [1.29, 1.82) is 0 Å². The maximum absolute atomic E-state index is 12.4. The van der Waals surface area contributed by atoms with Crippen LogP contribution in [0.4, 0.5) is 5.69 Å². The average Bonchev–Trinajstić information content (AvgIpc) is 2.70. The fraction of sp³-hybridized carbons (Fsp3) is 0.381. The van der Waals surface area contributed by atoms with Crippen molar-refractivity contribution >= 4 is 44.8 Å². The second-order valence-electron chi connectivity index (χ2n) is 6.75. The Kier molecular flexibility index (Phi) is 9.27. The Bertz CT molecular complexity index is 967. The lowest BCUT2D eigenvalue weighted by atomic mass is 10.1. The number of halogens is 2. The molecule has 0 atom stereocenters. The maximum atomic E-state index is 12.4. The number of hydrogen-bond acceptors (Lipinski definition) is 4. The van der Waals surface area contributed by atoms with E-state index in [2.05, 4.69) is 12.2 Å². The lowest BCUT2D eigenvalue weighted by Crippen LogP contribution is -2.40. The first kappa shape index (κ1) is 24.3. The summed E-state index contributed by atoms with van der Waals surface area (Å²) in [4.78, 5) is 12.4. The molecule has 0 aliphatic heterocycles. The van der Waals surface area contributed by atoms with Gasteiger partial charge in [0.05, 0.1) is 28.6 Å². The summed E-state index contributed by atoms with van der Waals surface area (Å²) in [6.45, 7) is 2.73. The minimum absolute atomic E-state index is 0.0843. The van der Waals surface area contributed by atoms with Crippen LogP contribution in [0.5, 0.6) is 5.75 Å². The van der Waals surface area contributed by atoms with E-state index in [4.69, 9.17) is 27.9 Å². The number of carbonyl (C=O) groups excluding carboxylic acids is 1. The Morgan fingerprint density at radius 2 is 1.87 bits per heavy atom. The molecule has 0 unspecified atom stereocenters.